The van der Waals surface area contributed by atoms with Crippen molar-refractivity contribution in [3.63, 3.8) is 0 Å². The number of hydrogen-bond acceptors (Lipinski definition) is 3. The molecule has 4 heteroatoms. The molecule has 1 N–H and O–H groups in total. The van der Waals surface area contributed by atoms with Crippen molar-refractivity contribution in [2.45, 2.75) is 96.4 Å². The van der Waals surface area contributed by atoms with Gasteiger partial charge in [-0.15, -0.1) is 0 Å². The second-order valence-electron chi connectivity index (χ2n) is 8.37. The van der Waals surface area contributed by atoms with E-state index >= 15 is 0 Å². The summed E-state index contributed by atoms with van der Waals surface area (Å²) in [6, 6.07) is 9.81. The molecule has 30 heavy (non-hydrogen) atoms. The Hall–Kier alpha value is -2.28. The molecule has 0 atom stereocenters. The summed E-state index contributed by atoms with van der Waals surface area (Å²) >= 11 is 0. The van der Waals surface area contributed by atoms with Gasteiger partial charge in [0.2, 0.25) is 0 Å². The molecule has 0 unspecified atom stereocenters. The molecular formula is C26H38N2O2. The van der Waals surface area contributed by atoms with Crippen LogP contribution in [0.4, 0.5) is 0 Å². The first-order chi connectivity index (χ1) is 14.7. The van der Waals surface area contributed by atoms with Crippen molar-refractivity contribution in [1.29, 1.82) is 5.26 Å². The summed E-state index contributed by atoms with van der Waals surface area (Å²) in [5.74, 6) is 0.564. The maximum Gasteiger partial charge on any atom is 0.262 e. The number of ether oxygens (including phenoxy) is 1. The van der Waals surface area contributed by atoms with E-state index in [-0.39, 0.29) is 17.5 Å². The number of carbonyl (C=O) groups is 1. The van der Waals surface area contributed by atoms with Crippen LogP contribution in [0.3, 0.4) is 0 Å². The Balaban J connectivity index is 1.93. The van der Waals surface area contributed by atoms with Crippen LogP contribution in [-0.2, 0) is 4.79 Å². The average molecular weight is 411 g/mol. The molecule has 0 spiro atoms. The Morgan fingerprint density at radius 1 is 1.03 bits per heavy atom. The minimum Gasteiger partial charge on any atom is -0.494 e. The SMILES string of the molecule is CCCCOc1ccc(/C=C(\C#N)C(=O)NC2CCCCCCCCCCC2)cc1. The number of benzene rings is 1. The molecule has 1 aliphatic rings. The third kappa shape index (κ3) is 9.48. The van der Waals surface area contributed by atoms with Crippen molar-refractivity contribution >= 4 is 12.0 Å². The second-order valence-corrected chi connectivity index (χ2v) is 8.37. The van der Waals surface area contributed by atoms with E-state index in [2.05, 4.69) is 18.3 Å². The van der Waals surface area contributed by atoms with Gasteiger partial charge < -0.3 is 10.1 Å². The minimum atomic E-state index is -0.252. The zero-order valence-electron chi connectivity index (χ0n) is 18.6. The fourth-order valence-corrected chi connectivity index (χ4v) is 3.88. The molecule has 164 valence electrons. The van der Waals surface area contributed by atoms with Crippen LogP contribution in [0.2, 0.25) is 0 Å². The molecule has 0 radical (unpaired) electrons. The highest BCUT2D eigenvalue weighted by Crippen LogP contribution is 2.18. The van der Waals surface area contributed by atoms with Gasteiger partial charge in [0, 0.05) is 6.04 Å². The fraction of sp³-hybridized carbons (Fsp3) is 0.615. The van der Waals surface area contributed by atoms with Gasteiger partial charge in [0.1, 0.15) is 17.4 Å². The van der Waals surface area contributed by atoms with Crippen molar-refractivity contribution in [1.82, 2.24) is 5.32 Å². The van der Waals surface area contributed by atoms with Crippen molar-refractivity contribution < 1.29 is 9.53 Å². The topological polar surface area (TPSA) is 62.1 Å². The number of nitrogens with zero attached hydrogens (tertiary/aromatic N) is 1. The van der Waals surface area contributed by atoms with E-state index in [9.17, 15) is 10.1 Å². The molecule has 0 saturated heterocycles. The van der Waals surface area contributed by atoms with Crippen LogP contribution in [0.1, 0.15) is 96.0 Å². The zero-order valence-corrected chi connectivity index (χ0v) is 18.6. The molecule has 1 amide bonds. The quantitative estimate of drug-likeness (QED) is 0.314. The monoisotopic (exact) mass is 410 g/mol. The molecule has 0 bridgehead atoms. The normalized spacial score (nSPS) is 17.3. The second kappa shape index (κ2) is 14.7. The van der Waals surface area contributed by atoms with E-state index in [1.54, 1.807) is 6.08 Å². The Labute approximate surface area is 182 Å². The zero-order chi connectivity index (χ0) is 21.4. The Kier molecular flexibility index (Phi) is 11.7. The summed E-state index contributed by atoms with van der Waals surface area (Å²) in [6.45, 7) is 2.84. The number of unbranched alkanes of at least 4 members (excludes halogenated alkanes) is 1. The summed E-state index contributed by atoms with van der Waals surface area (Å²) in [7, 11) is 0. The summed E-state index contributed by atoms with van der Waals surface area (Å²) in [4.78, 5) is 12.7. The van der Waals surface area contributed by atoms with Crippen LogP contribution in [-0.4, -0.2) is 18.6 Å². The van der Waals surface area contributed by atoms with E-state index in [0.717, 1.165) is 49.8 Å². The van der Waals surface area contributed by atoms with E-state index in [4.69, 9.17) is 4.74 Å². The predicted octanol–water partition coefficient (Wildman–Crippen LogP) is 6.56. The predicted molar refractivity (Wildman–Crippen MR) is 123 cm³/mol. The smallest absolute Gasteiger partial charge is 0.262 e. The maximum atomic E-state index is 12.7. The van der Waals surface area contributed by atoms with E-state index in [1.165, 1.54) is 44.9 Å². The van der Waals surface area contributed by atoms with Crippen LogP contribution >= 0.6 is 0 Å². The molecule has 0 heterocycles. The highest BCUT2D eigenvalue weighted by molar-refractivity contribution is 6.01. The highest BCUT2D eigenvalue weighted by atomic mass is 16.5. The number of nitriles is 1. The Bertz CT molecular complexity index is 676. The summed E-state index contributed by atoms with van der Waals surface area (Å²) < 4.78 is 5.67. The van der Waals surface area contributed by atoms with Gasteiger partial charge in [0.25, 0.3) is 5.91 Å². The lowest BCUT2D eigenvalue weighted by atomic mass is 9.97. The number of hydrogen-bond donors (Lipinski definition) is 1. The lowest BCUT2D eigenvalue weighted by molar-refractivity contribution is -0.117. The molecule has 1 aliphatic carbocycles. The van der Waals surface area contributed by atoms with Crippen molar-refractivity contribution in [2.24, 2.45) is 0 Å². The van der Waals surface area contributed by atoms with E-state index in [1.807, 2.05) is 24.3 Å². The average Bonchev–Trinajstić information content (AvgIpc) is 2.75. The van der Waals surface area contributed by atoms with Gasteiger partial charge in [-0.1, -0.05) is 83.3 Å². The van der Waals surface area contributed by atoms with Gasteiger partial charge in [-0.3, -0.25) is 4.79 Å². The largest absolute Gasteiger partial charge is 0.494 e. The number of amides is 1. The minimum absolute atomic E-state index is 0.167. The first kappa shape index (κ1) is 24.0. The van der Waals surface area contributed by atoms with Gasteiger partial charge in [-0.2, -0.15) is 5.26 Å². The number of carbonyl (C=O) groups excluding carboxylic acids is 1. The van der Waals surface area contributed by atoms with Crippen molar-refractivity contribution in [3.8, 4) is 11.8 Å². The standard InChI is InChI=1S/C26H38N2O2/c1-2-3-19-30-25-17-15-22(16-18-25)20-23(21-27)26(29)28-24-13-11-9-7-5-4-6-8-10-12-14-24/h15-18,20,24H,2-14,19H2,1H3,(H,28,29)/b23-20+. The summed E-state index contributed by atoms with van der Waals surface area (Å²) in [5.41, 5.74) is 1.00. The molecule has 1 aromatic carbocycles. The molecule has 2 rings (SSSR count). The summed E-state index contributed by atoms with van der Waals surface area (Å²) in [6.07, 6.45) is 17.2. The van der Waals surface area contributed by atoms with Crippen molar-refractivity contribution in [2.75, 3.05) is 6.61 Å². The fourth-order valence-electron chi connectivity index (χ4n) is 3.88. The van der Waals surface area contributed by atoms with E-state index in [0.29, 0.717) is 6.61 Å². The lowest BCUT2D eigenvalue weighted by Gasteiger charge is -2.19. The third-order valence-electron chi connectivity index (χ3n) is 5.76. The van der Waals surface area contributed by atoms with Crippen LogP contribution in [0.25, 0.3) is 6.08 Å². The first-order valence-corrected chi connectivity index (χ1v) is 11.9. The number of rotatable bonds is 7. The molecule has 1 saturated carbocycles. The molecule has 1 fully saturated rings. The third-order valence-corrected chi connectivity index (χ3v) is 5.76. The Morgan fingerprint density at radius 2 is 1.60 bits per heavy atom. The maximum absolute atomic E-state index is 12.7. The van der Waals surface area contributed by atoms with Crippen LogP contribution in [0.15, 0.2) is 29.8 Å². The molecule has 0 aliphatic heterocycles. The van der Waals surface area contributed by atoms with Crippen LogP contribution in [0.5, 0.6) is 5.75 Å². The Morgan fingerprint density at radius 3 is 2.13 bits per heavy atom. The van der Waals surface area contributed by atoms with Crippen LogP contribution in [0, 0.1) is 11.3 Å². The van der Waals surface area contributed by atoms with Crippen molar-refractivity contribution in [3.05, 3.63) is 35.4 Å². The first-order valence-electron chi connectivity index (χ1n) is 11.9. The highest BCUT2D eigenvalue weighted by Gasteiger charge is 2.16. The summed E-state index contributed by atoms with van der Waals surface area (Å²) in [5, 5.41) is 12.7. The van der Waals surface area contributed by atoms with Gasteiger partial charge in [0.05, 0.1) is 6.61 Å². The van der Waals surface area contributed by atoms with Crippen LogP contribution < -0.4 is 10.1 Å². The van der Waals surface area contributed by atoms with Gasteiger partial charge >= 0.3 is 0 Å². The van der Waals surface area contributed by atoms with Gasteiger partial charge in [-0.25, -0.2) is 0 Å². The molecule has 0 aromatic heterocycles. The molecule has 4 nitrogen and oxygen atoms in total. The number of nitrogens with one attached hydrogen (secondary N) is 1. The lowest BCUT2D eigenvalue weighted by Crippen LogP contribution is -2.35. The van der Waals surface area contributed by atoms with Gasteiger partial charge in [-0.05, 0) is 43.0 Å². The molecular weight excluding hydrogens is 372 g/mol. The molecule has 1 aromatic rings. The van der Waals surface area contributed by atoms with E-state index < -0.39 is 0 Å². The van der Waals surface area contributed by atoms with Gasteiger partial charge in [0.15, 0.2) is 0 Å².